The average Bonchev–Trinajstić information content (AvgIpc) is 2.34. The molecule has 0 aromatic carbocycles. The van der Waals surface area contributed by atoms with E-state index in [-0.39, 0.29) is 18.4 Å². The third-order valence-corrected chi connectivity index (χ3v) is 2.82. The SMILES string of the molecule is CCCC[C@H](N)C(=O)N(CCC)CC(=O)N(C)C. The van der Waals surface area contributed by atoms with E-state index in [1.807, 2.05) is 6.92 Å². The number of nitrogens with zero attached hydrogens (tertiary/aromatic N) is 2. The zero-order valence-electron chi connectivity index (χ0n) is 12.1. The van der Waals surface area contributed by atoms with E-state index in [4.69, 9.17) is 5.73 Å². The summed E-state index contributed by atoms with van der Waals surface area (Å²) in [5, 5.41) is 0. The van der Waals surface area contributed by atoms with E-state index in [2.05, 4.69) is 6.92 Å². The molecule has 0 aromatic heterocycles. The quantitative estimate of drug-likeness (QED) is 0.700. The smallest absolute Gasteiger partial charge is 0.241 e. The molecule has 2 N–H and O–H groups in total. The Morgan fingerprint density at radius 2 is 1.78 bits per heavy atom. The van der Waals surface area contributed by atoms with Crippen LogP contribution < -0.4 is 5.73 Å². The van der Waals surface area contributed by atoms with Crippen LogP contribution in [0.3, 0.4) is 0 Å². The zero-order valence-corrected chi connectivity index (χ0v) is 12.1. The monoisotopic (exact) mass is 257 g/mol. The lowest BCUT2D eigenvalue weighted by Gasteiger charge is -2.26. The lowest BCUT2D eigenvalue weighted by molar-refractivity contribution is -0.140. The first-order valence-electron chi connectivity index (χ1n) is 6.68. The highest BCUT2D eigenvalue weighted by Gasteiger charge is 2.22. The molecule has 0 aromatic rings. The molecular formula is C13H27N3O2. The highest BCUT2D eigenvalue weighted by Crippen LogP contribution is 2.04. The van der Waals surface area contributed by atoms with Crippen LogP contribution in [-0.4, -0.2) is 54.8 Å². The topological polar surface area (TPSA) is 66.6 Å². The molecule has 0 unspecified atom stereocenters. The van der Waals surface area contributed by atoms with E-state index in [9.17, 15) is 9.59 Å². The van der Waals surface area contributed by atoms with Crippen molar-refractivity contribution in [3.05, 3.63) is 0 Å². The third kappa shape index (κ3) is 6.00. The summed E-state index contributed by atoms with van der Waals surface area (Å²) in [4.78, 5) is 26.9. The molecule has 0 rings (SSSR count). The van der Waals surface area contributed by atoms with E-state index in [1.165, 1.54) is 4.90 Å². The van der Waals surface area contributed by atoms with E-state index >= 15 is 0 Å². The number of nitrogens with two attached hydrogens (primary N) is 1. The van der Waals surface area contributed by atoms with E-state index < -0.39 is 6.04 Å². The van der Waals surface area contributed by atoms with Gasteiger partial charge in [0.15, 0.2) is 0 Å². The largest absolute Gasteiger partial charge is 0.347 e. The number of likely N-dealkylation sites (N-methyl/N-ethyl adjacent to an activating group) is 1. The third-order valence-electron chi connectivity index (χ3n) is 2.82. The molecule has 0 radical (unpaired) electrons. The maximum atomic E-state index is 12.1. The molecule has 0 bridgehead atoms. The fraction of sp³-hybridized carbons (Fsp3) is 0.846. The van der Waals surface area contributed by atoms with Crippen molar-refractivity contribution in [2.75, 3.05) is 27.2 Å². The van der Waals surface area contributed by atoms with Gasteiger partial charge in [0.05, 0.1) is 12.6 Å². The maximum Gasteiger partial charge on any atom is 0.241 e. The Morgan fingerprint density at radius 1 is 1.17 bits per heavy atom. The fourth-order valence-electron chi connectivity index (χ4n) is 1.62. The first-order valence-corrected chi connectivity index (χ1v) is 6.68. The van der Waals surface area contributed by atoms with Crippen molar-refractivity contribution in [2.45, 2.75) is 45.6 Å². The molecule has 5 nitrogen and oxygen atoms in total. The van der Waals surface area contributed by atoms with Crippen LogP contribution in [0, 0.1) is 0 Å². The molecule has 0 saturated heterocycles. The molecule has 5 heteroatoms. The van der Waals surface area contributed by atoms with Crippen LogP contribution >= 0.6 is 0 Å². The Kier molecular flexibility index (Phi) is 8.37. The van der Waals surface area contributed by atoms with Gasteiger partial charge in [-0.05, 0) is 12.8 Å². The first kappa shape index (κ1) is 16.9. The molecule has 0 fully saturated rings. The van der Waals surface area contributed by atoms with Gasteiger partial charge in [0, 0.05) is 20.6 Å². The van der Waals surface area contributed by atoms with Crippen LogP contribution in [0.25, 0.3) is 0 Å². The summed E-state index contributed by atoms with van der Waals surface area (Å²) >= 11 is 0. The van der Waals surface area contributed by atoms with E-state index in [1.54, 1.807) is 19.0 Å². The van der Waals surface area contributed by atoms with Crippen LogP contribution in [0.15, 0.2) is 0 Å². The Morgan fingerprint density at radius 3 is 2.22 bits per heavy atom. The highest BCUT2D eigenvalue weighted by atomic mass is 16.2. The van der Waals surface area contributed by atoms with Gasteiger partial charge in [-0.3, -0.25) is 9.59 Å². The molecule has 1 atom stereocenters. The van der Waals surface area contributed by atoms with Gasteiger partial charge in [-0.1, -0.05) is 26.7 Å². The fourth-order valence-corrected chi connectivity index (χ4v) is 1.62. The number of rotatable bonds is 8. The van der Waals surface area contributed by atoms with Gasteiger partial charge in [-0.2, -0.15) is 0 Å². The number of unbranched alkanes of at least 4 members (excludes halogenated alkanes) is 1. The summed E-state index contributed by atoms with van der Waals surface area (Å²) in [7, 11) is 3.38. The number of carbonyl (C=O) groups is 2. The molecule has 0 saturated carbocycles. The zero-order chi connectivity index (χ0) is 14.1. The van der Waals surface area contributed by atoms with Crippen molar-refractivity contribution >= 4 is 11.8 Å². The average molecular weight is 257 g/mol. The Hall–Kier alpha value is -1.10. The van der Waals surface area contributed by atoms with Gasteiger partial charge >= 0.3 is 0 Å². The number of amides is 2. The summed E-state index contributed by atoms with van der Waals surface area (Å²) in [6, 6.07) is -0.480. The molecule has 2 amide bonds. The molecular weight excluding hydrogens is 230 g/mol. The minimum atomic E-state index is -0.480. The van der Waals surface area contributed by atoms with E-state index in [0.717, 1.165) is 19.3 Å². The summed E-state index contributed by atoms with van der Waals surface area (Å²) in [5.74, 6) is -0.181. The first-order chi connectivity index (χ1) is 8.43. The normalized spacial score (nSPS) is 12.1. The molecule has 0 aliphatic heterocycles. The second kappa shape index (κ2) is 8.91. The van der Waals surface area contributed by atoms with Gasteiger partial charge < -0.3 is 15.5 Å². The molecule has 0 heterocycles. The van der Waals surface area contributed by atoms with Crippen LogP contribution in [-0.2, 0) is 9.59 Å². The molecule has 106 valence electrons. The number of hydrogen-bond donors (Lipinski definition) is 1. The second-order valence-electron chi connectivity index (χ2n) is 4.80. The van der Waals surface area contributed by atoms with Crippen molar-refractivity contribution < 1.29 is 9.59 Å². The Labute approximate surface area is 110 Å². The minimum Gasteiger partial charge on any atom is -0.347 e. The summed E-state index contributed by atoms with van der Waals surface area (Å²) in [6.45, 7) is 4.76. The van der Waals surface area contributed by atoms with Gasteiger partial charge in [-0.15, -0.1) is 0 Å². The Bertz CT molecular complexity index is 267. The maximum absolute atomic E-state index is 12.1. The predicted molar refractivity (Wildman–Crippen MR) is 73.1 cm³/mol. The van der Waals surface area contributed by atoms with Crippen LogP contribution in [0.1, 0.15) is 39.5 Å². The number of hydrogen-bond acceptors (Lipinski definition) is 3. The van der Waals surface area contributed by atoms with E-state index in [0.29, 0.717) is 13.0 Å². The van der Waals surface area contributed by atoms with Crippen molar-refractivity contribution in [1.82, 2.24) is 9.80 Å². The lowest BCUT2D eigenvalue weighted by atomic mass is 10.1. The summed E-state index contributed by atoms with van der Waals surface area (Å²) in [6.07, 6.45) is 3.47. The molecule has 0 aliphatic carbocycles. The van der Waals surface area contributed by atoms with Crippen LogP contribution in [0.4, 0.5) is 0 Å². The Balaban J connectivity index is 4.47. The predicted octanol–water partition coefficient (Wildman–Crippen LogP) is 0.831. The summed E-state index contributed by atoms with van der Waals surface area (Å²) in [5.41, 5.74) is 5.87. The van der Waals surface area contributed by atoms with Gasteiger partial charge in [0.1, 0.15) is 0 Å². The molecule has 0 aliphatic rings. The van der Waals surface area contributed by atoms with Crippen molar-refractivity contribution in [1.29, 1.82) is 0 Å². The van der Waals surface area contributed by atoms with Crippen molar-refractivity contribution in [2.24, 2.45) is 5.73 Å². The molecule has 0 spiro atoms. The number of carbonyl (C=O) groups excluding carboxylic acids is 2. The lowest BCUT2D eigenvalue weighted by Crippen LogP contribution is -2.48. The van der Waals surface area contributed by atoms with Gasteiger partial charge in [0.25, 0.3) is 0 Å². The van der Waals surface area contributed by atoms with Crippen molar-refractivity contribution in [3.63, 3.8) is 0 Å². The van der Waals surface area contributed by atoms with Crippen molar-refractivity contribution in [3.8, 4) is 0 Å². The van der Waals surface area contributed by atoms with Crippen LogP contribution in [0.2, 0.25) is 0 Å². The standard InChI is InChI=1S/C13H27N3O2/c1-5-7-8-11(14)13(18)16(9-6-2)10-12(17)15(3)4/h11H,5-10,14H2,1-4H3/t11-/m0/s1. The van der Waals surface area contributed by atoms with Crippen LogP contribution in [0.5, 0.6) is 0 Å². The van der Waals surface area contributed by atoms with Gasteiger partial charge in [0.2, 0.25) is 11.8 Å². The summed E-state index contributed by atoms with van der Waals surface area (Å²) < 4.78 is 0. The minimum absolute atomic E-state index is 0.0699. The van der Waals surface area contributed by atoms with Gasteiger partial charge in [-0.25, -0.2) is 0 Å². The second-order valence-corrected chi connectivity index (χ2v) is 4.80. The molecule has 18 heavy (non-hydrogen) atoms. The highest BCUT2D eigenvalue weighted by molar-refractivity contribution is 5.87.